The standard InChI is InChI=1S/C20H25ClN4O2/c1-15-16-4-2-3-5-17(16)22-18(19(15)21)14-23-6-8-24(9-7-23)20(26)25-10-12-27-13-11-25/h2-5H,6-14H2,1H3. The molecule has 144 valence electrons. The average molecular weight is 389 g/mol. The molecule has 0 spiro atoms. The van der Waals surface area contributed by atoms with Crippen LogP contribution in [-0.4, -0.2) is 78.2 Å². The van der Waals surface area contributed by atoms with E-state index in [4.69, 9.17) is 21.3 Å². The van der Waals surface area contributed by atoms with Crippen LogP contribution in [-0.2, 0) is 11.3 Å². The number of ether oxygens (including phenoxy) is 1. The Bertz CT molecular complexity index is 830. The lowest BCUT2D eigenvalue weighted by Gasteiger charge is -2.38. The molecule has 0 N–H and O–H groups in total. The van der Waals surface area contributed by atoms with E-state index in [2.05, 4.69) is 17.9 Å². The Morgan fingerprint density at radius 2 is 1.74 bits per heavy atom. The lowest BCUT2D eigenvalue weighted by atomic mass is 10.1. The van der Waals surface area contributed by atoms with Crippen molar-refractivity contribution in [1.82, 2.24) is 19.7 Å². The van der Waals surface area contributed by atoms with E-state index in [0.717, 1.165) is 53.4 Å². The minimum Gasteiger partial charge on any atom is -0.378 e. The summed E-state index contributed by atoms with van der Waals surface area (Å²) in [6.45, 7) is 8.55. The number of halogens is 1. The number of hydrogen-bond acceptors (Lipinski definition) is 4. The van der Waals surface area contributed by atoms with E-state index in [1.165, 1.54) is 0 Å². The third-order valence-electron chi connectivity index (χ3n) is 5.44. The summed E-state index contributed by atoms with van der Waals surface area (Å²) in [5.74, 6) is 0. The number of rotatable bonds is 2. The van der Waals surface area contributed by atoms with Gasteiger partial charge in [0.15, 0.2) is 0 Å². The van der Waals surface area contributed by atoms with Crippen molar-refractivity contribution in [3.05, 3.63) is 40.5 Å². The van der Waals surface area contributed by atoms with Crippen LogP contribution in [0.15, 0.2) is 24.3 Å². The molecule has 2 saturated heterocycles. The summed E-state index contributed by atoms with van der Waals surface area (Å²) in [6, 6.07) is 8.24. The molecule has 1 aromatic heterocycles. The van der Waals surface area contributed by atoms with Crippen molar-refractivity contribution >= 4 is 28.5 Å². The number of morpholine rings is 1. The Balaban J connectivity index is 1.40. The lowest BCUT2D eigenvalue weighted by molar-refractivity contribution is 0.0372. The highest BCUT2D eigenvalue weighted by atomic mass is 35.5. The predicted molar refractivity (Wildman–Crippen MR) is 106 cm³/mol. The highest BCUT2D eigenvalue weighted by Gasteiger charge is 2.27. The van der Waals surface area contributed by atoms with Crippen LogP contribution >= 0.6 is 11.6 Å². The van der Waals surface area contributed by atoms with Gasteiger partial charge in [-0.3, -0.25) is 4.90 Å². The van der Waals surface area contributed by atoms with Gasteiger partial charge in [-0.2, -0.15) is 0 Å². The first kappa shape index (κ1) is 18.5. The van der Waals surface area contributed by atoms with E-state index in [-0.39, 0.29) is 6.03 Å². The van der Waals surface area contributed by atoms with Crippen molar-refractivity contribution in [2.24, 2.45) is 0 Å². The summed E-state index contributed by atoms with van der Waals surface area (Å²) in [5.41, 5.74) is 2.98. The van der Waals surface area contributed by atoms with Gasteiger partial charge in [0.05, 0.1) is 29.4 Å². The van der Waals surface area contributed by atoms with E-state index in [9.17, 15) is 4.79 Å². The van der Waals surface area contributed by atoms with E-state index in [0.29, 0.717) is 32.8 Å². The quantitative estimate of drug-likeness (QED) is 0.793. The fraction of sp³-hybridized carbons (Fsp3) is 0.500. The zero-order valence-corrected chi connectivity index (χ0v) is 16.4. The number of aryl methyl sites for hydroxylation is 1. The van der Waals surface area contributed by atoms with Crippen molar-refractivity contribution in [2.45, 2.75) is 13.5 Å². The van der Waals surface area contributed by atoms with Crippen LogP contribution in [0.4, 0.5) is 4.79 Å². The first-order valence-electron chi connectivity index (χ1n) is 9.51. The van der Waals surface area contributed by atoms with Gasteiger partial charge in [-0.15, -0.1) is 0 Å². The maximum absolute atomic E-state index is 12.6. The minimum absolute atomic E-state index is 0.135. The molecule has 6 nitrogen and oxygen atoms in total. The number of para-hydroxylation sites is 1. The van der Waals surface area contributed by atoms with Gasteiger partial charge in [-0.1, -0.05) is 29.8 Å². The highest BCUT2D eigenvalue weighted by Crippen LogP contribution is 2.27. The largest absolute Gasteiger partial charge is 0.378 e. The Labute approximate surface area is 164 Å². The molecule has 2 aliphatic heterocycles. The monoisotopic (exact) mass is 388 g/mol. The number of aromatic nitrogens is 1. The second-order valence-corrected chi connectivity index (χ2v) is 7.54. The summed E-state index contributed by atoms with van der Waals surface area (Å²) >= 11 is 6.60. The number of amides is 2. The molecule has 0 radical (unpaired) electrons. The number of carbonyl (C=O) groups is 1. The minimum atomic E-state index is 0.135. The number of pyridine rings is 1. The molecule has 2 aromatic rings. The third-order valence-corrected chi connectivity index (χ3v) is 5.95. The van der Waals surface area contributed by atoms with Gasteiger partial charge in [-0.05, 0) is 18.6 Å². The zero-order chi connectivity index (χ0) is 18.8. The average Bonchev–Trinajstić information content (AvgIpc) is 2.72. The van der Waals surface area contributed by atoms with Gasteiger partial charge in [0.2, 0.25) is 0 Å². The highest BCUT2D eigenvalue weighted by molar-refractivity contribution is 6.32. The van der Waals surface area contributed by atoms with Gasteiger partial charge in [0.25, 0.3) is 0 Å². The van der Waals surface area contributed by atoms with E-state index >= 15 is 0 Å². The fourth-order valence-electron chi connectivity index (χ4n) is 3.79. The Morgan fingerprint density at radius 3 is 2.48 bits per heavy atom. The molecule has 2 amide bonds. The molecule has 1 aromatic carbocycles. The SMILES string of the molecule is Cc1c(Cl)c(CN2CCN(C(=O)N3CCOCC3)CC2)nc2ccccc12. The van der Waals surface area contributed by atoms with Crippen LogP contribution in [0.25, 0.3) is 10.9 Å². The van der Waals surface area contributed by atoms with Crippen LogP contribution in [0.2, 0.25) is 5.02 Å². The Kier molecular flexibility index (Phi) is 5.48. The van der Waals surface area contributed by atoms with Crippen LogP contribution in [0.3, 0.4) is 0 Å². The smallest absolute Gasteiger partial charge is 0.320 e. The van der Waals surface area contributed by atoms with E-state index in [1.807, 2.05) is 28.0 Å². The van der Waals surface area contributed by atoms with Crippen LogP contribution in [0, 0.1) is 6.92 Å². The van der Waals surface area contributed by atoms with Crippen molar-refractivity contribution in [3.63, 3.8) is 0 Å². The van der Waals surface area contributed by atoms with Gasteiger partial charge in [-0.25, -0.2) is 9.78 Å². The van der Waals surface area contributed by atoms with Crippen LogP contribution in [0.5, 0.6) is 0 Å². The first-order valence-corrected chi connectivity index (χ1v) is 9.89. The summed E-state index contributed by atoms with van der Waals surface area (Å²) < 4.78 is 5.33. The van der Waals surface area contributed by atoms with E-state index < -0.39 is 0 Å². The van der Waals surface area contributed by atoms with Gasteiger partial charge >= 0.3 is 6.03 Å². The molecule has 2 aliphatic rings. The van der Waals surface area contributed by atoms with Gasteiger partial charge in [0.1, 0.15) is 0 Å². The summed E-state index contributed by atoms with van der Waals surface area (Å²) in [7, 11) is 0. The predicted octanol–water partition coefficient (Wildman–Crippen LogP) is 2.77. The molecule has 3 heterocycles. The van der Waals surface area contributed by atoms with Crippen molar-refractivity contribution in [2.75, 3.05) is 52.5 Å². The topological polar surface area (TPSA) is 48.9 Å². The Hall–Kier alpha value is -1.89. The number of fused-ring (bicyclic) bond motifs is 1. The molecule has 2 fully saturated rings. The number of benzene rings is 1. The van der Waals surface area contributed by atoms with Gasteiger partial charge in [0, 0.05) is 51.2 Å². The molecule has 4 rings (SSSR count). The molecular weight excluding hydrogens is 364 g/mol. The molecule has 7 heteroatoms. The van der Waals surface area contributed by atoms with Crippen LogP contribution < -0.4 is 0 Å². The Morgan fingerprint density at radius 1 is 1.07 bits per heavy atom. The van der Waals surface area contributed by atoms with Crippen molar-refractivity contribution in [3.8, 4) is 0 Å². The molecule has 27 heavy (non-hydrogen) atoms. The number of hydrogen-bond donors (Lipinski definition) is 0. The van der Waals surface area contributed by atoms with Crippen molar-refractivity contribution < 1.29 is 9.53 Å². The molecule has 0 aliphatic carbocycles. The van der Waals surface area contributed by atoms with Gasteiger partial charge < -0.3 is 14.5 Å². The number of nitrogens with zero attached hydrogens (tertiary/aromatic N) is 4. The summed E-state index contributed by atoms with van der Waals surface area (Å²) in [6.07, 6.45) is 0. The maximum atomic E-state index is 12.6. The first-order chi connectivity index (χ1) is 13.1. The van der Waals surface area contributed by atoms with Crippen molar-refractivity contribution in [1.29, 1.82) is 0 Å². The zero-order valence-electron chi connectivity index (χ0n) is 15.7. The van der Waals surface area contributed by atoms with E-state index in [1.54, 1.807) is 0 Å². The number of carbonyl (C=O) groups excluding carboxylic acids is 1. The number of urea groups is 1. The molecule has 0 atom stereocenters. The molecule has 0 bridgehead atoms. The second-order valence-electron chi connectivity index (χ2n) is 7.16. The summed E-state index contributed by atoms with van der Waals surface area (Å²) in [4.78, 5) is 23.6. The second kappa shape index (κ2) is 8.00. The summed E-state index contributed by atoms with van der Waals surface area (Å²) in [5, 5.41) is 1.85. The molecule has 0 unspecified atom stereocenters. The lowest BCUT2D eigenvalue weighted by Crippen LogP contribution is -2.54. The molecular formula is C20H25ClN4O2. The normalized spacial score (nSPS) is 18.9. The molecule has 0 saturated carbocycles. The third kappa shape index (κ3) is 3.88. The maximum Gasteiger partial charge on any atom is 0.320 e. The number of piperazine rings is 1. The fourth-order valence-corrected chi connectivity index (χ4v) is 3.99. The van der Waals surface area contributed by atoms with Crippen LogP contribution in [0.1, 0.15) is 11.3 Å².